The monoisotopic (exact) mass is 392 g/mol. The molecule has 7 heteroatoms. The number of unbranched alkanes of at least 4 members (excludes halogenated alkanes) is 1. The first-order valence-electron chi connectivity index (χ1n) is 9.19. The van der Waals surface area contributed by atoms with Crippen molar-refractivity contribution in [3.05, 3.63) is 66.0 Å². The summed E-state index contributed by atoms with van der Waals surface area (Å²) in [4.78, 5) is 2.44. The lowest BCUT2D eigenvalue weighted by atomic mass is 10.1. The maximum Gasteiger partial charge on any atom is 0.240 e. The summed E-state index contributed by atoms with van der Waals surface area (Å²) in [5.74, 6) is -0.451. The van der Waals surface area contributed by atoms with Crippen LogP contribution in [0.3, 0.4) is 0 Å². The molecule has 1 N–H and O–H groups in total. The minimum Gasteiger partial charge on any atom is -0.371 e. The summed E-state index contributed by atoms with van der Waals surface area (Å²) in [5.41, 5.74) is 1.19. The highest BCUT2D eigenvalue weighted by Crippen LogP contribution is 2.22. The summed E-state index contributed by atoms with van der Waals surface area (Å²) in [6.07, 6.45) is 1.73. The van der Waals surface area contributed by atoms with Gasteiger partial charge in [-0.3, -0.25) is 4.90 Å². The van der Waals surface area contributed by atoms with Gasteiger partial charge in [0, 0.05) is 19.6 Å². The molecule has 1 aliphatic rings. The Labute approximate surface area is 160 Å². The van der Waals surface area contributed by atoms with Crippen molar-refractivity contribution in [2.45, 2.75) is 23.8 Å². The first kappa shape index (κ1) is 19.9. The quantitative estimate of drug-likeness (QED) is 0.702. The van der Waals surface area contributed by atoms with E-state index < -0.39 is 15.8 Å². The van der Waals surface area contributed by atoms with Gasteiger partial charge in [0.05, 0.1) is 17.6 Å². The van der Waals surface area contributed by atoms with Gasteiger partial charge in [-0.25, -0.2) is 17.5 Å². The van der Waals surface area contributed by atoms with Crippen molar-refractivity contribution in [3.63, 3.8) is 0 Å². The first-order chi connectivity index (χ1) is 13.0. The summed E-state index contributed by atoms with van der Waals surface area (Å²) in [6, 6.07) is 15.0. The van der Waals surface area contributed by atoms with Crippen molar-refractivity contribution in [2.24, 2.45) is 0 Å². The minimum absolute atomic E-state index is 0.0859. The maximum atomic E-state index is 12.9. The molecule has 1 atom stereocenters. The summed E-state index contributed by atoms with van der Waals surface area (Å²) in [7, 11) is -3.58. The molecule has 0 amide bonds. The second-order valence-corrected chi connectivity index (χ2v) is 8.40. The van der Waals surface area contributed by atoms with Crippen LogP contribution in [0.4, 0.5) is 4.39 Å². The summed E-state index contributed by atoms with van der Waals surface area (Å²) in [5, 5.41) is 0. The Bertz CT molecular complexity index is 813. The van der Waals surface area contributed by atoms with E-state index in [1.807, 2.05) is 18.2 Å². The summed E-state index contributed by atoms with van der Waals surface area (Å²) >= 11 is 0. The molecule has 1 fully saturated rings. The lowest BCUT2D eigenvalue weighted by Crippen LogP contribution is -2.39. The Kier molecular flexibility index (Phi) is 6.95. The number of hydrogen-bond acceptors (Lipinski definition) is 4. The van der Waals surface area contributed by atoms with Crippen molar-refractivity contribution >= 4 is 10.0 Å². The summed E-state index contributed by atoms with van der Waals surface area (Å²) < 4.78 is 45.6. The molecule has 1 heterocycles. The van der Waals surface area contributed by atoms with Crippen molar-refractivity contribution in [3.8, 4) is 0 Å². The van der Waals surface area contributed by atoms with Crippen molar-refractivity contribution in [1.82, 2.24) is 9.62 Å². The van der Waals surface area contributed by atoms with E-state index in [4.69, 9.17) is 4.74 Å². The van der Waals surface area contributed by atoms with Crippen LogP contribution < -0.4 is 4.72 Å². The molecule has 0 spiro atoms. The molecule has 0 radical (unpaired) electrons. The Morgan fingerprint density at radius 2 is 1.81 bits per heavy atom. The van der Waals surface area contributed by atoms with Crippen molar-refractivity contribution in [1.29, 1.82) is 0 Å². The van der Waals surface area contributed by atoms with Crippen LogP contribution in [-0.4, -0.2) is 46.1 Å². The van der Waals surface area contributed by atoms with Gasteiger partial charge in [0.1, 0.15) is 5.82 Å². The number of ether oxygens (including phenoxy) is 1. The lowest BCUT2D eigenvalue weighted by Gasteiger charge is -2.33. The van der Waals surface area contributed by atoms with E-state index in [0.29, 0.717) is 13.2 Å². The number of benzene rings is 2. The number of nitrogens with zero attached hydrogens (tertiary/aromatic N) is 1. The molecule has 146 valence electrons. The van der Waals surface area contributed by atoms with Gasteiger partial charge in [-0.05, 0) is 49.2 Å². The zero-order chi connectivity index (χ0) is 19.1. The largest absolute Gasteiger partial charge is 0.371 e. The van der Waals surface area contributed by atoms with Crippen LogP contribution in [-0.2, 0) is 14.8 Å². The summed E-state index contributed by atoms with van der Waals surface area (Å²) in [6.45, 7) is 3.73. The van der Waals surface area contributed by atoms with Gasteiger partial charge < -0.3 is 4.74 Å². The Morgan fingerprint density at radius 3 is 2.56 bits per heavy atom. The number of nitrogens with one attached hydrogen (secondary N) is 1. The van der Waals surface area contributed by atoms with Crippen LogP contribution in [0.2, 0.25) is 0 Å². The second kappa shape index (κ2) is 9.41. The average molecular weight is 392 g/mol. The van der Waals surface area contributed by atoms with Crippen LogP contribution in [0.15, 0.2) is 59.5 Å². The minimum atomic E-state index is -3.58. The number of rotatable bonds is 8. The molecule has 0 aromatic heterocycles. The zero-order valence-corrected chi connectivity index (χ0v) is 16.0. The molecular weight excluding hydrogens is 367 g/mol. The zero-order valence-electron chi connectivity index (χ0n) is 15.2. The van der Waals surface area contributed by atoms with E-state index in [0.717, 1.165) is 44.6 Å². The van der Waals surface area contributed by atoms with Gasteiger partial charge in [0.25, 0.3) is 0 Å². The van der Waals surface area contributed by atoms with Crippen LogP contribution in [0.5, 0.6) is 0 Å². The van der Waals surface area contributed by atoms with Crippen LogP contribution >= 0.6 is 0 Å². The van der Waals surface area contributed by atoms with Crippen molar-refractivity contribution < 1.29 is 17.5 Å². The van der Waals surface area contributed by atoms with Gasteiger partial charge in [-0.1, -0.05) is 30.3 Å². The fraction of sp³-hybridized carbons (Fsp3) is 0.400. The molecule has 1 saturated heterocycles. The van der Waals surface area contributed by atoms with E-state index in [1.165, 1.54) is 17.7 Å². The van der Waals surface area contributed by atoms with E-state index in [-0.39, 0.29) is 11.0 Å². The van der Waals surface area contributed by atoms with Gasteiger partial charge in [-0.2, -0.15) is 0 Å². The Balaban J connectivity index is 1.39. The molecule has 2 aromatic carbocycles. The first-order valence-corrected chi connectivity index (χ1v) is 10.7. The SMILES string of the molecule is O=S(=O)(NCCCCN1CCOC(c2ccccc2)C1)c1ccc(F)cc1. The fourth-order valence-electron chi connectivity index (χ4n) is 3.14. The maximum absolute atomic E-state index is 12.9. The molecule has 0 saturated carbocycles. The van der Waals surface area contributed by atoms with Crippen LogP contribution in [0, 0.1) is 5.82 Å². The topological polar surface area (TPSA) is 58.6 Å². The smallest absolute Gasteiger partial charge is 0.240 e. The molecule has 2 aromatic rings. The highest BCUT2D eigenvalue weighted by atomic mass is 32.2. The second-order valence-electron chi connectivity index (χ2n) is 6.63. The molecule has 1 unspecified atom stereocenters. The molecule has 1 aliphatic heterocycles. The average Bonchev–Trinajstić information content (AvgIpc) is 2.69. The highest BCUT2D eigenvalue weighted by Gasteiger charge is 2.21. The molecule has 0 bridgehead atoms. The Hall–Kier alpha value is -1.80. The lowest BCUT2D eigenvalue weighted by molar-refractivity contribution is -0.0303. The Morgan fingerprint density at radius 1 is 1.07 bits per heavy atom. The number of morpholine rings is 1. The standard InChI is InChI=1S/C20H25FN2O3S/c21-18-8-10-19(11-9-18)27(24,25)22-12-4-5-13-23-14-15-26-20(16-23)17-6-2-1-3-7-17/h1-3,6-11,20,22H,4-5,12-16H2. The third-order valence-corrected chi connectivity index (χ3v) is 6.12. The van der Waals surface area contributed by atoms with Crippen LogP contribution in [0.25, 0.3) is 0 Å². The fourth-order valence-corrected chi connectivity index (χ4v) is 4.21. The van der Waals surface area contributed by atoms with Crippen LogP contribution in [0.1, 0.15) is 24.5 Å². The molecule has 27 heavy (non-hydrogen) atoms. The van der Waals surface area contributed by atoms with Gasteiger partial charge >= 0.3 is 0 Å². The predicted molar refractivity (Wildman–Crippen MR) is 102 cm³/mol. The molecule has 3 rings (SSSR count). The van der Waals surface area contributed by atoms with Gasteiger partial charge in [-0.15, -0.1) is 0 Å². The van der Waals surface area contributed by atoms with Gasteiger partial charge in [0.2, 0.25) is 10.0 Å². The normalized spacial score (nSPS) is 18.5. The number of halogens is 1. The van der Waals surface area contributed by atoms with E-state index in [9.17, 15) is 12.8 Å². The van der Waals surface area contributed by atoms with Crippen molar-refractivity contribution in [2.75, 3.05) is 32.8 Å². The number of sulfonamides is 1. The molecular formula is C20H25FN2O3S. The van der Waals surface area contributed by atoms with E-state index in [1.54, 1.807) is 0 Å². The van der Waals surface area contributed by atoms with E-state index >= 15 is 0 Å². The van der Waals surface area contributed by atoms with E-state index in [2.05, 4.69) is 21.8 Å². The molecule has 0 aliphatic carbocycles. The third-order valence-electron chi connectivity index (χ3n) is 4.64. The number of hydrogen-bond donors (Lipinski definition) is 1. The third kappa shape index (κ3) is 5.84. The molecule has 5 nitrogen and oxygen atoms in total. The highest BCUT2D eigenvalue weighted by molar-refractivity contribution is 7.89. The van der Waals surface area contributed by atoms with Gasteiger partial charge in [0.15, 0.2) is 0 Å². The predicted octanol–water partition coefficient (Wildman–Crippen LogP) is 2.96.